The molecule has 2 fully saturated rings. The fraction of sp³-hybridized carbons (Fsp3) is 0.500. The van der Waals surface area contributed by atoms with Gasteiger partial charge in [-0.2, -0.15) is 0 Å². The van der Waals surface area contributed by atoms with E-state index in [-0.39, 0.29) is 37.2 Å². The summed E-state index contributed by atoms with van der Waals surface area (Å²) in [6.45, 7) is 9.73. The minimum atomic E-state index is -0.627. The minimum Gasteiger partial charge on any atom is -0.372 e. The van der Waals surface area contributed by atoms with E-state index in [0.717, 1.165) is 21.8 Å². The number of morpholine rings is 2. The Morgan fingerprint density at radius 3 is 2.72 bits per heavy atom. The second kappa shape index (κ2) is 9.63. The lowest BCUT2D eigenvalue weighted by Gasteiger charge is -2.43. The molecule has 2 N–H and O–H groups in total. The molecule has 1 aromatic carbocycles. The highest BCUT2D eigenvalue weighted by molar-refractivity contribution is 6.33. The number of carbonyl (C=O) groups is 2. The highest BCUT2D eigenvalue weighted by Crippen LogP contribution is 2.33. The molecule has 0 spiro atoms. The van der Waals surface area contributed by atoms with E-state index in [1.807, 2.05) is 49.6 Å². The Hall–Kier alpha value is -2.72. The number of aromatic amines is 1. The smallest absolute Gasteiger partial charge is 0.244 e. The number of aromatic nitrogens is 2. The number of hydrogen-bond donors (Lipinski definition) is 2. The lowest BCUT2D eigenvalue weighted by molar-refractivity contribution is -0.156. The molecule has 2 amide bonds. The largest absolute Gasteiger partial charge is 0.372 e. The zero-order valence-corrected chi connectivity index (χ0v) is 21.8. The molecular formula is C26H32ClN5O4. The van der Waals surface area contributed by atoms with E-state index >= 15 is 0 Å². The summed E-state index contributed by atoms with van der Waals surface area (Å²) in [5.74, 6) is -0.261. The SMILES string of the molecule is C[C@H]1CN(C(=O)CN2CC(C)(C)OC[C@H]2C(=O)Nc2cc(Cl)cc3c2[nH]c2cnccc23)C[C@H](C)O1. The van der Waals surface area contributed by atoms with E-state index in [4.69, 9.17) is 21.1 Å². The molecule has 5 rings (SSSR count). The Kier molecular flexibility index (Phi) is 6.67. The lowest BCUT2D eigenvalue weighted by Crippen LogP contribution is -2.61. The van der Waals surface area contributed by atoms with Crippen molar-refractivity contribution in [2.75, 3.05) is 38.1 Å². The number of carbonyl (C=O) groups excluding carboxylic acids is 2. The second-order valence-corrected chi connectivity index (χ2v) is 10.9. The van der Waals surface area contributed by atoms with Crippen LogP contribution in [0.4, 0.5) is 5.69 Å². The number of amides is 2. The van der Waals surface area contributed by atoms with Gasteiger partial charge in [-0.25, -0.2) is 0 Å². The number of rotatable bonds is 4. The number of nitrogens with one attached hydrogen (secondary N) is 2. The van der Waals surface area contributed by atoms with E-state index in [0.29, 0.717) is 30.3 Å². The minimum absolute atomic E-state index is 0.0132. The van der Waals surface area contributed by atoms with Crippen molar-refractivity contribution in [3.63, 3.8) is 0 Å². The Labute approximate surface area is 215 Å². The first-order valence-electron chi connectivity index (χ1n) is 12.3. The molecule has 36 heavy (non-hydrogen) atoms. The maximum Gasteiger partial charge on any atom is 0.244 e. The summed E-state index contributed by atoms with van der Waals surface area (Å²) in [6.07, 6.45) is 3.43. The van der Waals surface area contributed by atoms with Crippen LogP contribution in [0, 0.1) is 0 Å². The molecule has 0 aliphatic carbocycles. The van der Waals surface area contributed by atoms with Gasteiger partial charge in [-0.1, -0.05) is 11.6 Å². The quantitative estimate of drug-likeness (QED) is 0.554. The molecular weight excluding hydrogens is 482 g/mol. The summed E-state index contributed by atoms with van der Waals surface area (Å²) >= 11 is 6.42. The average Bonchev–Trinajstić information content (AvgIpc) is 3.16. The number of H-pyrrole nitrogens is 1. The summed E-state index contributed by atoms with van der Waals surface area (Å²) in [7, 11) is 0. The summed E-state index contributed by atoms with van der Waals surface area (Å²) < 4.78 is 11.8. The van der Waals surface area contributed by atoms with Gasteiger partial charge in [0.2, 0.25) is 11.8 Å². The first kappa shape index (κ1) is 25.0. The molecule has 2 saturated heterocycles. The van der Waals surface area contributed by atoms with Gasteiger partial charge in [-0.05, 0) is 45.9 Å². The number of pyridine rings is 1. The van der Waals surface area contributed by atoms with Crippen molar-refractivity contribution in [2.45, 2.75) is 51.5 Å². The average molecular weight is 514 g/mol. The molecule has 2 aromatic heterocycles. The predicted octanol–water partition coefficient (Wildman–Crippen LogP) is 3.42. The molecule has 0 unspecified atom stereocenters. The third-order valence-corrected chi connectivity index (χ3v) is 7.02. The van der Waals surface area contributed by atoms with Crippen molar-refractivity contribution in [3.8, 4) is 0 Å². The highest BCUT2D eigenvalue weighted by atomic mass is 35.5. The molecule has 10 heteroatoms. The van der Waals surface area contributed by atoms with E-state index in [1.165, 1.54) is 0 Å². The van der Waals surface area contributed by atoms with Gasteiger partial charge in [0.15, 0.2) is 0 Å². The van der Waals surface area contributed by atoms with Gasteiger partial charge in [0.25, 0.3) is 0 Å². The van der Waals surface area contributed by atoms with Crippen LogP contribution in [0.3, 0.4) is 0 Å². The summed E-state index contributed by atoms with van der Waals surface area (Å²) in [4.78, 5) is 38.1. The van der Waals surface area contributed by atoms with Gasteiger partial charge < -0.3 is 24.7 Å². The van der Waals surface area contributed by atoms with Crippen LogP contribution < -0.4 is 5.32 Å². The Bertz CT molecular complexity index is 1300. The van der Waals surface area contributed by atoms with Crippen molar-refractivity contribution < 1.29 is 19.1 Å². The van der Waals surface area contributed by atoms with E-state index in [9.17, 15) is 9.59 Å². The highest BCUT2D eigenvalue weighted by Gasteiger charge is 2.39. The maximum atomic E-state index is 13.6. The third-order valence-electron chi connectivity index (χ3n) is 6.80. The first-order chi connectivity index (χ1) is 17.1. The van der Waals surface area contributed by atoms with Gasteiger partial charge >= 0.3 is 0 Å². The number of halogens is 1. The monoisotopic (exact) mass is 513 g/mol. The topological polar surface area (TPSA) is 99.8 Å². The lowest BCUT2D eigenvalue weighted by atomic mass is 10.0. The van der Waals surface area contributed by atoms with Gasteiger partial charge in [0, 0.05) is 41.6 Å². The van der Waals surface area contributed by atoms with Crippen LogP contribution in [-0.4, -0.2) is 88.2 Å². The molecule has 9 nitrogen and oxygen atoms in total. The zero-order valence-electron chi connectivity index (χ0n) is 21.0. The molecule has 0 saturated carbocycles. The van der Waals surface area contributed by atoms with Crippen LogP contribution >= 0.6 is 11.6 Å². The second-order valence-electron chi connectivity index (χ2n) is 10.5. The van der Waals surface area contributed by atoms with Crippen LogP contribution in [-0.2, 0) is 19.1 Å². The predicted molar refractivity (Wildman–Crippen MR) is 139 cm³/mol. The molecule has 3 atom stereocenters. The van der Waals surface area contributed by atoms with Crippen LogP contribution in [0.5, 0.6) is 0 Å². The van der Waals surface area contributed by atoms with Crippen LogP contribution in [0.15, 0.2) is 30.6 Å². The van der Waals surface area contributed by atoms with Gasteiger partial charge in [0.05, 0.1) is 53.9 Å². The summed E-state index contributed by atoms with van der Waals surface area (Å²) in [6, 6.07) is 4.88. The van der Waals surface area contributed by atoms with Crippen molar-refractivity contribution in [3.05, 3.63) is 35.6 Å². The molecule has 2 aliphatic rings. The first-order valence-corrected chi connectivity index (χ1v) is 12.6. The van der Waals surface area contributed by atoms with Crippen molar-refractivity contribution in [2.24, 2.45) is 0 Å². The number of hydrogen-bond acceptors (Lipinski definition) is 6. The molecule has 2 aliphatic heterocycles. The fourth-order valence-electron chi connectivity index (χ4n) is 5.25. The van der Waals surface area contributed by atoms with Crippen LogP contribution in [0.1, 0.15) is 27.7 Å². The van der Waals surface area contributed by atoms with Gasteiger partial charge in [-0.3, -0.25) is 19.5 Å². The number of nitrogens with zero attached hydrogens (tertiary/aromatic N) is 3. The summed E-state index contributed by atoms with van der Waals surface area (Å²) in [5, 5.41) is 5.43. The summed E-state index contributed by atoms with van der Waals surface area (Å²) in [5.41, 5.74) is 1.72. The number of fused-ring (bicyclic) bond motifs is 3. The Balaban J connectivity index is 1.39. The normalized spacial score (nSPS) is 24.8. The Morgan fingerprint density at radius 1 is 1.22 bits per heavy atom. The Morgan fingerprint density at radius 2 is 1.97 bits per heavy atom. The molecule has 3 aromatic rings. The molecule has 0 radical (unpaired) electrons. The van der Waals surface area contributed by atoms with E-state index in [1.54, 1.807) is 18.5 Å². The fourth-order valence-corrected chi connectivity index (χ4v) is 5.47. The van der Waals surface area contributed by atoms with Crippen LogP contribution in [0.2, 0.25) is 5.02 Å². The molecule has 192 valence electrons. The van der Waals surface area contributed by atoms with Crippen LogP contribution in [0.25, 0.3) is 21.8 Å². The number of anilines is 1. The molecule has 4 heterocycles. The standard InChI is InChI=1S/C26H32ClN5O4/c1-15-10-31(11-16(2)36-15)23(33)12-32-14-26(3,4)35-13-22(32)25(34)30-20-8-17(27)7-19-18-5-6-28-9-21(18)29-24(19)20/h5-9,15-16,22,29H,10-14H2,1-4H3,(H,30,34)/t15-,16-,22-/m0/s1. The van der Waals surface area contributed by atoms with Gasteiger partial charge in [0.1, 0.15) is 6.04 Å². The van der Waals surface area contributed by atoms with E-state index < -0.39 is 11.6 Å². The van der Waals surface area contributed by atoms with Crippen molar-refractivity contribution in [1.82, 2.24) is 19.8 Å². The maximum absolute atomic E-state index is 13.6. The number of ether oxygens (including phenoxy) is 2. The van der Waals surface area contributed by atoms with Gasteiger partial charge in [-0.15, -0.1) is 0 Å². The van der Waals surface area contributed by atoms with Crippen molar-refractivity contribution in [1.29, 1.82) is 0 Å². The third kappa shape index (κ3) is 5.06. The zero-order chi connectivity index (χ0) is 25.6. The number of benzene rings is 1. The molecule has 0 bridgehead atoms. The van der Waals surface area contributed by atoms with Crippen molar-refractivity contribution >= 4 is 50.9 Å². The van der Waals surface area contributed by atoms with E-state index in [2.05, 4.69) is 15.3 Å².